The Hall–Kier alpha value is -2.59. The van der Waals surface area contributed by atoms with Crippen LogP contribution in [0.2, 0.25) is 0 Å². The number of pyridine rings is 1. The number of aromatic nitrogens is 2. The molecule has 4 rings (SSSR count). The first kappa shape index (κ1) is 12.2. The van der Waals surface area contributed by atoms with Crippen molar-refractivity contribution in [3.05, 3.63) is 54.0 Å². The Morgan fingerprint density at radius 3 is 2.86 bits per heavy atom. The van der Waals surface area contributed by atoms with E-state index >= 15 is 0 Å². The molecule has 0 bridgehead atoms. The summed E-state index contributed by atoms with van der Waals surface area (Å²) < 4.78 is 5.61. The molecule has 104 valence electrons. The standard InChI is InChI=1S/C17H14N2O2/c1-10-17-13(6-7-18-10)14-8-11(2-4-15(14)19-17)16-5-3-12(9-20)21-16/h2-8,19-20H,9H2,1H3. The van der Waals surface area contributed by atoms with Crippen molar-refractivity contribution < 1.29 is 9.52 Å². The number of aliphatic hydroxyl groups excluding tert-OH is 1. The van der Waals surface area contributed by atoms with E-state index in [0.717, 1.165) is 38.8 Å². The highest BCUT2D eigenvalue weighted by atomic mass is 16.4. The van der Waals surface area contributed by atoms with Gasteiger partial charge in [-0.05, 0) is 43.3 Å². The fraction of sp³-hybridized carbons (Fsp3) is 0.118. The van der Waals surface area contributed by atoms with Gasteiger partial charge in [-0.2, -0.15) is 0 Å². The number of hydrogen-bond acceptors (Lipinski definition) is 3. The highest BCUT2D eigenvalue weighted by Gasteiger charge is 2.10. The summed E-state index contributed by atoms with van der Waals surface area (Å²) in [6, 6.07) is 11.9. The number of benzene rings is 1. The molecular weight excluding hydrogens is 264 g/mol. The number of H-pyrrole nitrogens is 1. The van der Waals surface area contributed by atoms with Crippen LogP contribution in [0.15, 0.2) is 47.0 Å². The molecule has 4 heteroatoms. The van der Waals surface area contributed by atoms with Crippen molar-refractivity contribution in [2.75, 3.05) is 0 Å². The number of hydrogen-bond donors (Lipinski definition) is 2. The van der Waals surface area contributed by atoms with Crippen LogP contribution in [-0.2, 0) is 6.61 Å². The molecule has 4 nitrogen and oxygen atoms in total. The van der Waals surface area contributed by atoms with Crippen LogP contribution in [0, 0.1) is 6.92 Å². The van der Waals surface area contributed by atoms with Gasteiger partial charge in [0.15, 0.2) is 0 Å². The van der Waals surface area contributed by atoms with Gasteiger partial charge >= 0.3 is 0 Å². The van der Waals surface area contributed by atoms with Crippen LogP contribution in [0.1, 0.15) is 11.5 Å². The number of fused-ring (bicyclic) bond motifs is 3. The molecule has 0 spiro atoms. The van der Waals surface area contributed by atoms with E-state index in [1.54, 1.807) is 6.07 Å². The predicted molar refractivity (Wildman–Crippen MR) is 82.0 cm³/mol. The van der Waals surface area contributed by atoms with Crippen molar-refractivity contribution in [3.63, 3.8) is 0 Å². The second-order valence-corrected chi connectivity index (χ2v) is 5.13. The largest absolute Gasteiger partial charge is 0.459 e. The number of aryl methyl sites for hydroxylation is 1. The fourth-order valence-corrected chi connectivity index (χ4v) is 2.73. The Bertz CT molecular complexity index is 950. The predicted octanol–water partition coefficient (Wildman–Crippen LogP) is 3.78. The van der Waals surface area contributed by atoms with E-state index in [0.29, 0.717) is 5.76 Å². The number of nitrogens with one attached hydrogen (secondary N) is 1. The summed E-state index contributed by atoms with van der Waals surface area (Å²) in [6.07, 6.45) is 1.83. The van der Waals surface area contributed by atoms with E-state index < -0.39 is 0 Å². The Kier molecular flexibility index (Phi) is 2.59. The summed E-state index contributed by atoms with van der Waals surface area (Å²) in [6.45, 7) is 1.92. The lowest BCUT2D eigenvalue weighted by Crippen LogP contribution is -1.80. The molecular formula is C17H14N2O2. The number of aliphatic hydroxyl groups is 1. The van der Waals surface area contributed by atoms with Crippen LogP contribution in [0.4, 0.5) is 0 Å². The monoisotopic (exact) mass is 278 g/mol. The van der Waals surface area contributed by atoms with Crippen LogP contribution in [0.5, 0.6) is 0 Å². The maximum absolute atomic E-state index is 9.10. The maximum Gasteiger partial charge on any atom is 0.134 e. The van der Waals surface area contributed by atoms with Crippen molar-refractivity contribution >= 4 is 21.8 Å². The molecule has 0 aliphatic carbocycles. The molecule has 3 aromatic heterocycles. The Labute approximate surface area is 121 Å². The Morgan fingerprint density at radius 2 is 2.05 bits per heavy atom. The minimum absolute atomic E-state index is 0.0831. The van der Waals surface area contributed by atoms with E-state index in [-0.39, 0.29) is 6.61 Å². The van der Waals surface area contributed by atoms with E-state index in [4.69, 9.17) is 9.52 Å². The lowest BCUT2D eigenvalue weighted by molar-refractivity contribution is 0.248. The highest BCUT2D eigenvalue weighted by Crippen LogP contribution is 2.31. The van der Waals surface area contributed by atoms with Gasteiger partial charge in [0.1, 0.15) is 18.1 Å². The van der Waals surface area contributed by atoms with Gasteiger partial charge in [-0.25, -0.2) is 0 Å². The summed E-state index contributed by atoms with van der Waals surface area (Å²) in [5.74, 6) is 1.34. The molecule has 0 atom stereocenters. The van der Waals surface area contributed by atoms with Crippen LogP contribution in [0.25, 0.3) is 33.1 Å². The minimum Gasteiger partial charge on any atom is -0.459 e. The SMILES string of the molecule is Cc1nccc2c1[nH]c1ccc(-c3ccc(CO)o3)cc12. The second-order valence-electron chi connectivity index (χ2n) is 5.13. The average Bonchev–Trinajstić information content (AvgIpc) is 3.11. The highest BCUT2D eigenvalue weighted by molar-refractivity contribution is 6.08. The lowest BCUT2D eigenvalue weighted by Gasteiger charge is -1.98. The zero-order valence-electron chi connectivity index (χ0n) is 11.6. The van der Waals surface area contributed by atoms with Gasteiger partial charge in [0.2, 0.25) is 0 Å². The topological polar surface area (TPSA) is 62.0 Å². The zero-order valence-corrected chi connectivity index (χ0v) is 11.6. The number of furan rings is 1. The molecule has 0 radical (unpaired) electrons. The first-order valence-corrected chi connectivity index (χ1v) is 6.83. The molecule has 1 aromatic carbocycles. The molecule has 4 aromatic rings. The lowest BCUT2D eigenvalue weighted by atomic mass is 10.1. The molecule has 0 saturated carbocycles. The number of aromatic amines is 1. The molecule has 21 heavy (non-hydrogen) atoms. The molecule has 0 aliphatic rings. The van der Waals surface area contributed by atoms with Crippen LogP contribution < -0.4 is 0 Å². The van der Waals surface area contributed by atoms with Crippen LogP contribution in [0.3, 0.4) is 0 Å². The first-order chi connectivity index (χ1) is 10.3. The smallest absolute Gasteiger partial charge is 0.134 e. The van der Waals surface area contributed by atoms with Gasteiger partial charge < -0.3 is 14.5 Å². The third kappa shape index (κ3) is 1.84. The van der Waals surface area contributed by atoms with E-state index in [2.05, 4.69) is 16.0 Å². The van der Waals surface area contributed by atoms with Crippen LogP contribution >= 0.6 is 0 Å². The van der Waals surface area contributed by atoms with Crippen molar-refractivity contribution in [2.45, 2.75) is 13.5 Å². The molecule has 0 unspecified atom stereocenters. The van der Waals surface area contributed by atoms with Gasteiger partial charge in [-0.15, -0.1) is 0 Å². The summed E-state index contributed by atoms with van der Waals surface area (Å²) in [4.78, 5) is 7.73. The molecule has 0 saturated heterocycles. The fourth-order valence-electron chi connectivity index (χ4n) is 2.73. The average molecular weight is 278 g/mol. The summed E-state index contributed by atoms with van der Waals surface area (Å²) in [5, 5.41) is 11.4. The van der Waals surface area contributed by atoms with Gasteiger partial charge in [-0.1, -0.05) is 0 Å². The van der Waals surface area contributed by atoms with Crippen molar-refractivity contribution in [1.29, 1.82) is 0 Å². The van der Waals surface area contributed by atoms with Crippen molar-refractivity contribution in [1.82, 2.24) is 9.97 Å². The van der Waals surface area contributed by atoms with E-state index in [9.17, 15) is 0 Å². The normalized spacial score (nSPS) is 11.5. The van der Waals surface area contributed by atoms with Crippen LogP contribution in [-0.4, -0.2) is 15.1 Å². The number of nitrogens with zero attached hydrogens (tertiary/aromatic N) is 1. The third-order valence-electron chi connectivity index (χ3n) is 3.81. The Balaban J connectivity index is 1.96. The quantitative estimate of drug-likeness (QED) is 0.586. The molecule has 3 heterocycles. The zero-order chi connectivity index (χ0) is 14.4. The van der Waals surface area contributed by atoms with Crippen molar-refractivity contribution in [3.8, 4) is 11.3 Å². The number of rotatable bonds is 2. The van der Waals surface area contributed by atoms with Gasteiger partial charge in [0, 0.05) is 28.0 Å². The Morgan fingerprint density at radius 1 is 1.14 bits per heavy atom. The van der Waals surface area contributed by atoms with Gasteiger partial charge in [-0.3, -0.25) is 4.98 Å². The minimum atomic E-state index is -0.0831. The second kappa shape index (κ2) is 4.46. The summed E-state index contributed by atoms with van der Waals surface area (Å²) >= 11 is 0. The van der Waals surface area contributed by atoms with Gasteiger partial charge in [0.05, 0.1) is 11.2 Å². The summed E-state index contributed by atoms with van der Waals surface area (Å²) in [7, 11) is 0. The molecule has 0 aliphatic heterocycles. The molecule has 0 amide bonds. The van der Waals surface area contributed by atoms with E-state index in [1.165, 1.54) is 0 Å². The molecule has 0 fully saturated rings. The van der Waals surface area contributed by atoms with E-state index in [1.807, 2.05) is 37.4 Å². The first-order valence-electron chi connectivity index (χ1n) is 6.83. The van der Waals surface area contributed by atoms with Crippen molar-refractivity contribution in [2.24, 2.45) is 0 Å². The van der Waals surface area contributed by atoms with Gasteiger partial charge in [0.25, 0.3) is 0 Å². The maximum atomic E-state index is 9.10. The molecule has 2 N–H and O–H groups in total. The third-order valence-corrected chi connectivity index (χ3v) is 3.81. The summed E-state index contributed by atoms with van der Waals surface area (Å²) in [5.41, 5.74) is 4.14.